The number of ether oxygens (including phenoxy) is 1. The van der Waals surface area contributed by atoms with Gasteiger partial charge in [0.05, 0.1) is 6.04 Å². The van der Waals surface area contributed by atoms with Crippen LogP contribution in [0.1, 0.15) is 43.4 Å². The molecule has 1 fully saturated rings. The number of hydrogen-bond donors (Lipinski definition) is 1. The Morgan fingerprint density at radius 2 is 1.97 bits per heavy atom. The number of hydrogen-bond acceptors (Lipinski definition) is 3. The van der Waals surface area contributed by atoms with E-state index in [1.54, 1.807) is 4.90 Å². The Morgan fingerprint density at radius 3 is 2.55 bits per heavy atom. The maximum Gasteiger partial charge on any atom is 0.411 e. The molecule has 1 aliphatic rings. The first kappa shape index (κ1) is 21.2. The third-order valence-corrected chi connectivity index (χ3v) is 5.82. The summed E-state index contributed by atoms with van der Waals surface area (Å²) in [6.45, 7) is 2.16. The topological polar surface area (TPSA) is 72.6 Å². The van der Waals surface area contributed by atoms with Gasteiger partial charge in [0.2, 0.25) is 5.91 Å². The Balaban J connectivity index is 1.88. The minimum atomic E-state index is -1.38. The highest BCUT2D eigenvalue weighted by atomic mass is 79.9. The summed E-state index contributed by atoms with van der Waals surface area (Å²) < 4.78 is 34.5. The second kappa shape index (κ2) is 8.49. The van der Waals surface area contributed by atoms with Crippen molar-refractivity contribution >= 4 is 27.9 Å². The number of benzene rings is 2. The maximum atomic E-state index is 14.5. The molecule has 0 aliphatic carbocycles. The van der Waals surface area contributed by atoms with Crippen molar-refractivity contribution in [2.24, 2.45) is 5.73 Å². The third-order valence-electron chi connectivity index (χ3n) is 5.29. The number of amides is 2. The van der Waals surface area contributed by atoms with Gasteiger partial charge in [0.25, 0.3) is 0 Å². The van der Waals surface area contributed by atoms with E-state index in [1.807, 2.05) is 31.2 Å². The molecule has 154 valence electrons. The van der Waals surface area contributed by atoms with Gasteiger partial charge in [0, 0.05) is 41.9 Å². The quantitative estimate of drug-likeness (QED) is 0.664. The van der Waals surface area contributed by atoms with Crippen molar-refractivity contribution in [2.45, 2.75) is 37.8 Å². The van der Waals surface area contributed by atoms with Crippen LogP contribution in [0.3, 0.4) is 0 Å². The lowest BCUT2D eigenvalue weighted by Gasteiger charge is -2.43. The molecular weight excluding hydrogens is 446 g/mol. The minimum absolute atomic E-state index is 0.0249. The Kier molecular flexibility index (Phi) is 6.21. The zero-order valence-electron chi connectivity index (χ0n) is 15.8. The molecule has 2 aromatic rings. The van der Waals surface area contributed by atoms with Crippen molar-refractivity contribution in [2.75, 3.05) is 6.54 Å². The van der Waals surface area contributed by atoms with Crippen molar-refractivity contribution in [3.8, 4) is 0 Å². The average molecular weight is 467 g/mol. The molecule has 2 amide bonds. The molecule has 0 bridgehead atoms. The van der Waals surface area contributed by atoms with Crippen LogP contribution in [0, 0.1) is 11.6 Å². The van der Waals surface area contributed by atoms with Crippen molar-refractivity contribution in [1.29, 1.82) is 0 Å². The number of carbonyl (C=O) groups excluding carboxylic acids is 2. The molecule has 1 heterocycles. The number of primary amides is 1. The van der Waals surface area contributed by atoms with E-state index in [0.717, 1.165) is 22.2 Å². The summed E-state index contributed by atoms with van der Waals surface area (Å²) in [4.78, 5) is 25.8. The lowest BCUT2D eigenvalue weighted by molar-refractivity contribution is -0.121. The summed E-state index contributed by atoms with van der Waals surface area (Å²) in [6.07, 6.45) is -0.446. The van der Waals surface area contributed by atoms with E-state index in [-0.39, 0.29) is 37.4 Å². The van der Waals surface area contributed by atoms with Gasteiger partial charge in [0.15, 0.2) is 0 Å². The van der Waals surface area contributed by atoms with E-state index in [4.69, 9.17) is 10.5 Å². The van der Waals surface area contributed by atoms with Crippen LogP contribution in [0.2, 0.25) is 0 Å². The molecule has 2 N–H and O–H groups in total. The van der Waals surface area contributed by atoms with Crippen molar-refractivity contribution < 1.29 is 23.1 Å². The van der Waals surface area contributed by atoms with E-state index >= 15 is 0 Å². The first-order chi connectivity index (χ1) is 13.7. The summed E-state index contributed by atoms with van der Waals surface area (Å²) >= 11 is 3.38. The Hall–Kier alpha value is -2.48. The summed E-state index contributed by atoms with van der Waals surface area (Å²) in [5, 5.41) is 0. The van der Waals surface area contributed by atoms with E-state index in [1.165, 1.54) is 6.07 Å². The fourth-order valence-electron chi connectivity index (χ4n) is 3.63. The van der Waals surface area contributed by atoms with Crippen LogP contribution < -0.4 is 5.73 Å². The molecule has 1 aliphatic heterocycles. The summed E-state index contributed by atoms with van der Waals surface area (Å²) in [7, 11) is 0. The van der Waals surface area contributed by atoms with E-state index < -0.39 is 29.2 Å². The largest absolute Gasteiger partial charge is 0.438 e. The van der Waals surface area contributed by atoms with Crippen molar-refractivity contribution in [3.05, 3.63) is 69.7 Å². The SMILES string of the molecule is C[C@@H](c1ccc(Br)cc1)N1CC[C@](CCC(N)=O)(c2ccc(F)cc2F)OC1=O. The van der Waals surface area contributed by atoms with Crippen LogP contribution in [0.5, 0.6) is 0 Å². The van der Waals surface area contributed by atoms with Gasteiger partial charge in [0.1, 0.15) is 17.2 Å². The number of carbonyl (C=O) groups is 2. The summed E-state index contributed by atoms with van der Waals surface area (Å²) in [5.41, 5.74) is 4.85. The van der Waals surface area contributed by atoms with Gasteiger partial charge in [-0.15, -0.1) is 0 Å². The lowest BCUT2D eigenvalue weighted by atomic mass is 9.84. The number of cyclic esters (lactones) is 1. The van der Waals surface area contributed by atoms with Gasteiger partial charge in [-0.1, -0.05) is 28.1 Å². The van der Waals surface area contributed by atoms with Crippen LogP contribution in [-0.4, -0.2) is 23.4 Å². The highest BCUT2D eigenvalue weighted by Crippen LogP contribution is 2.41. The normalized spacial score (nSPS) is 20.3. The minimum Gasteiger partial charge on any atom is -0.438 e. The Morgan fingerprint density at radius 1 is 1.28 bits per heavy atom. The van der Waals surface area contributed by atoms with Gasteiger partial charge in [-0.25, -0.2) is 13.6 Å². The zero-order valence-corrected chi connectivity index (χ0v) is 17.4. The third kappa shape index (κ3) is 4.58. The smallest absolute Gasteiger partial charge is 0.411 e. The first-order valence-electron chi connectivity index (χ1n) is 9.21. The predicted octanol–water partition coefficient (Wildman–Crippen LogP) is 4.79. The van der Waals surface area contributed by atoms with E-state index in [2.05, 4.69) is 15.9 Å². The molecule has 3 rings (SSSR count). The molecule has 0 spiro atoms. The molecule has 8 heteroatoms. The number of nitrogens with zero attached hydrogens (tertiary/aromatic N) is 1. The van der Waals surface area contributed by atoms with Crippen LogP contribution in [0.4, 0.5) is 13.6 Å². The lowest BCUT2D eigenvalue weighted by Crippen LogP contribution is -2.49. The van der Waals surface area contributed by atoms with E-state index in [9.17, 15) is 18.4 Å². The standard InChI is InChI=1S/C21H21BrF2N2O3/c1-13(14-2-4-15(22)5-3-14)26-11-10-21(29-20(26)28,9-8-19(25)27)17-7-6-16(23)12-18(17)24/h2-7,12-13H,8-11H2,1H3,(H2,25,27)/t13-,21+/m0/s1. The molecule has 2 atom stereocenters. The van der Waals surface area contributed by atoms with Crippen LogP contribution >= 0.6 is 15.9 Å². The average Bonchev–Trinajstić information content (AvgIpc) is 2.66. The molecular formula is C21H21BrF2N2O3. The van der Waals surface area contributed by atoms with Gasteiger partial charge in [-0.3, -0.25) is 4.79 Å². The van der Waals surface area contributed by atoms with Crippen LogP contribution in [-0.2, 0) is 15.1 Å². The predicted molar refractivity (Wildman–Crippen MR) is 107 cm³/mol. The van der Waals surface area contributed by atoms with Crippen LogP contribution in [0.25, 0.3) is 0 Å². The van der Waals surface area contributed by atoms with Gasteiger partial charge in [-0.05, 0) is 36.8 Å². The van der Waals surface area contributed by atoms with E-state index in [0.29, 0.717) is 0 Å². The fraction of sp³-hybridized carbons (Fsp3) is 0.333. The summed E-state index contributed by atoms with van der Waals surface area (Å²) in [5.74, 6) is -2.14. The fourth-order valence-corrected chi connectivity index (χ4v) is 3.89. The molecule has 0 aromatic heterocycles. The maximum absolute atomic E-state index is 14.5. The van der Waals surface area contributed by atoms with Crippen LogP contribution in [0.15, 0.2) is 46.9 Å². The molecule has 0 radical (unpaired) electrons. The number of rotatable bonds is 6. The van der Waals surface area contributed by atoms with Gasteiger partial charge >= 0.3 is 6.09 Å². The second-order valence-electron chi connectivity index (χ2n) is 7.12. The highest BCUT2D eigenvalue weighted by molar-refractivity contribution is 9.10. The first-order valence-corrected chi connectivity index (χ1v) is 10.00. The Bertz CT molecular complexity index is 923. The molecule has 0 saturated carbocycles. The number of nitrogens with two attached hydrogens (primary N) is 1. The van der Waals surface area contributed by atoms with Gasteiger partial charge in [-0.2, -0.15) is 0 Å². The monoisotopic (exact) mass is 466 g/mol. The summed E-state index contributed by atoms with van der Waals surface area (Å²) in [6, 6.07) is 10.4. The number of halogens is 3. The molecule has 1 saturated heterocycles. The molecule has 0 unspecified atom stereocenters. The van der Waals surface area contributed by atoms with Crippen molar-refractivity contribution in [1.82, 2.24) is 4.90 Å². The van der Waals surface area contributed by atoms with Gasteiger partial charge < -0.3 is 15.4 Å². The second-order valence-corrected chi connectivity index (χ2v) is 8.04. The molecule has 5 nitrogen and oxygen atoms in total. The Labute approximate surface area is 176 Å². The molecule has 2 aromatic carbocycles. The molecule has 29 heavy (non-hydrogen) atoms. The zero-order chi connectivity index (χ0) is 21.2. The highest BCUT2D eigenvalue weighted by Gasteiger charge is 2.45. The van der Waals surface area contributed by atoms with Crippen molar-refractivity contribution in [3.63, 3.8) is 0 Å².